The monoisotopic (exact) mass is 223 g/mol. The van der Waals surface area contributed by atoms with E-state index in [2.05, 4.69) is 25.3 Å². The van der Waals surface area contributed by atoms with E-state index in [1.54, 1.807) is 18.5 Å². The number of H-pyrrole nitrogens is 1. The number of nitrogens with zero attached hydrogens (tertiary/aromatic N) is 3. The number of hydrogen-bond donors (Lipinski definition) is 2. The van der Waals surface area contributed by atoms with E-state index >= 15 is 0 Å². The number of nitrogens with one attached hydrogen (secondary N) is 2. The zero-order valence-electron chi connectivity index (χ0n) is 7.94. The fourth-order valence-electron chi connectivity index (χ4n) is 1.17. The van der Waals surface area contributed by atoms with Crippen LogP contribution in [0, 0.1) is 0 Å². The number of anilines is 1. The maximum absolute atomic E-state index is 5.71. The Kier molecular flexibility index (Phi) is 3.14. The fraction of sp³-hybridized carbons (Fsp3) is 0.222. The number of imidazole rings is 1. The summed E-state index contributed by atoms with van der Waals surface area (Å²) in [6.07, 6.45) is 5.78. The molecular formula is C9H10ClN5. The quantitative estimate of drug-likeness (QED) is 0.771. The highest BCUT2D eigenvalue weighted by Gasteiger charge is 1.97. The third-order valence-electron chi connectivity index (χ3n) is 1.86. The highest BCUT2D eigenvalue weighted by atomic mass is 35.5. The minimum atomic E-state index is 0.436. The Balaban J connectivity index is 1.83. The second-order valence-electron chi connectivity index (χ2n) is 2.94. The van der Waals surface area contributed by atoms with Gasteiger partial charge in [0.05, 0.1) is 0 Å². The molecule has 2 rings (SSSR count). The molecule has 0 aliphatic carbocycles. The lowest BCUT2D eigenvalue weighted by molar-refractivity contribution is 0.920. The second-order valence-corrected chi connectivity index (χ2v) is 3.33. The Bertz CT molecular complexity index is 414. The van der Waals surface area contributed by atoms with Crippen LogP contribution in [0.1, 0.15) is 5.82 Å². The van der Waals surface area contributed by atoms with Gasteiger partial charge in [0.2, 0.25) is 0 Å². The van der Waals surface area contributed by atoms with E-state index in [4.69, 9.17) is 11.6 Å². The molecule has 0 aliphatic heterocycles. The van der Waals surface area contributed by atoms with E-state index in [-0.39, 0.29) is 0 Å². The summed E-state index contributed by atoms with van der Waals surface area (Å²) in [7, 11) is 0. The summed E-state index contributed by atoms with van der Waals surface area (Å²) in [6.45, 7) is 0.751. The normalized spacial score (nSPS) is 10.2. The van der Waals surface area contributed by atoms with Crippen LogP contribution in [0.5, 0.6) is 0 Å². The molecule has 0 aliphatic rings. The molecule has 0 radical (unpaired) electrons. The van der Waals surface area contributed by atoms with Crippen molar-refractivity contribution in [3.63, 3.8) is 0 Å². The molecule has 2 heterocycles. The zero-order valence-corrected chi connectivity index (χ0v) is 8.70. The first kappa shape index (κ1) is 9.92. The van der Waals surface area contributed by atoms with E-state index in [0.29, 0.717) is 5.15 Å². The topological polar surface area (TPSA) is 66.5 Å². The summed E-state index contributed by atoms with van der Waals surface area (Å²) in [5, 5.41) is 3.56. The Morgan fingerprint density at radius 3 is 3.00 bits per heavy atom. The van der Waals surface area contributed by atoms with Crippen LogP contribution in [0.2, 0.25) is 5.15 Å². The molecule has 0 unspecified atom stereocenters. The summed E-state index contributed by atoms with van der Waals surface area (Å²) >= 11 is 5.71. The van der Waals surface area contributed by atoms with Gasteiger partial charge in [0.15, 0.2) is 0 Å². The summed E-state index contributed by atoms with van der Waals surface area (Å²) in [5.41, 5.74) is 0. The summed E-state index contributed by atoms with van der Waals surface area (Å²) < 4.78 is 0. The molecule has 0 atom stereocenters. The van der Waals surface area contributed by atoms with E-state index in [9.17, 15) is 0 Å². The van der Waals surface area contributed by atoms with Crippen molar-refractivity contribution in [1.29, 1.82) is 0 Å². The lowest BCUT2D eigenvalue weighted by Crippen LogP contribution is -2.07. The molecule has 2 aromatic heterocycles. The van der Waals surface area contributed by atoms with Crippen LogP contribution in [0.15, 0.2) is 24.8 Å². The van der Waals surface area contributed by atoms with Crippen LogP contribution in [0.25, 0.3) is 0 Å². The van der Waals surface area contributed by atoms with Crippen molar-refractivity contribution in [3.8, 4) is 0 Å². The van der Waals surface area contributed by atoms with Crippen molar-refractivity contribution in [2.75, 3.05) is 11.9 Å². The van der Waals surface area contributed by atoms with Crippen LogP contribution in [0.3, 0.4) is 0 Å². The van der Waals surface area contributed by atoms with Crippen LogP contribution in [0.4, 0.5) is 5.82 Å². The second kappa shape index (κ2) is 4.75. The third kappa shape index (κ3) is 2.92. The molecule has 0 fully saturated rings. The predicted octanol–water partition coefficient (Wildman–Crippen LogP) is 1.51. The number of rotatable bonds is 4. The summed E-state index contributed by atoms with van der Waals surface area (Å²) in [5.74, 6) is 1.67. The standard InChI is InChI=1S/C9H10ClN5/c10-7-5-9(15-6-14-7)11-2-1-8-12-3-4-13-8/h3-6H,1-2H2,(H,12,13)(H,11,14,15). The van der Waals surface area contributed by atoms with Crippen molar-refractivity contribution in [2.45, 2.75) is 6.42 Å². The van der Waals surface area contributed by atoms with Gasteiger partial charge in [-0.05, 0) is 0 Å². The molecule has 5 nitrogen and oxygen atoms in total. The molecule has 0 saturated heterocycles. The Hall–Kier alpha value is -1.62. The minimum Gasteiger partial charge on any atom is -0.369 e. The molecule has 2 N–H and O–H groups in total. The van der Waals surface area contributed by atoms with Gasteiger partial charge in [-0.25, -0.2) is 15.0 Å². The average Bonchev–Trinajstić information content (AvgIpc) is 2.71. The number of hydrogen-bond acceptors (Lipinski definition) is 4. The Labute approximate surface area is 91.9 Å². The first-order chi connectivity index (χ1) is 7.34. The maximum Gasteiger partial charge on any atom is 0.134 e. The molecule has 0 amide bonds. The molecule has 0 saturated carbocycles. The summed E-state index contributed by atoms with van der Waals surface area (Å²) in [6, 6.07) is 1.68. The van der Waals surface area contributed by atoms with Crippen molar-refractivity contribution < 1.29 is 0 Å². The first-order valence-electron chi connectivity index (χ1n) is 4.54. The highest BCUT2D eigenvalue weighted by molar-refractivity contribution is 6.29. The van der Waals surface area contributed by atoms with Gasteiger partial charge in [0, 0.05) is 31.4 Å². The van der Waals surface area contributed by atoms with Crippen molar-refractivity contribution in [3.05, 3.63) is 35.8 Å². The van der Waals surface area contributed by atoms with Crippen molar-refractivity contribution in [1.82, 2.24) is 19.9 Å². The number of aromatic nitrogens is 4. The molecule has 0 spiro atoms. The Morgan fingerprint density at radius 1 is 1.33 bits per heavy atom. The van der Waals surface area contributed by atoms with Crippen LogP contribution < -0.4 is 5.32 Å². The smallest absolute Gasteiger partial charge is 0.134 e. The average molecular weight is 224 g/mol. The van der Waals surface area contributed by atoms with Gasteiger partial charge >= 0.3 is 0 Å². The van der Waals surface area contributed by atoms with Crippen LogP contribution >= 0.6 is 11.6 Å². The van der Waals surface area contributed by atoms with Gasteiger partial charge in [-0.15, -0.1) is 0 Å². The van der Waals surface area contributed by atoms with Gasteiger partial charge in [0.25, 0.3) is 0 Å². The molecule has 78 valence electrons. The van der Waals surface area contributed by atoms with E-state index < -0.39 is 0 Å². The van der Waals surface area contributed by atoms with Gasteiger partial charge < -0.3 is 10.3 Å². The third-order valence-corrected chi connectivity index (χ3v) is 2.06. The van der Waals surface area contributed by atoms with Crippen molar-refractivity contribution >= 4 is 17.4 Å². The molecule has 6 heteroatoms. The number of halogens is 1. The fourth-order valence-corrected chi connectivity index (χ4v) is 1.32. The van der Waals surface area contributed by atoms with Crippen LogP contribution in [-0.4, -0.2) is 26.5 Å². The predicted molar refractivity (Wildman–Crippen MR) is 57.8 cm³/mol. The van der Waals surface area contributed by atoms with Gasteiger partial charge in [-0.3, -0.25) is 0 Å². The maximum atomic E-state index is 5.71. The molecule has 0 bridgehead atoms. The molecule has 2 aromatic rings. The minimum absolute atomic E-state index is 0.436. The van der Waals surface area contributed by atoms with Crippen LogP contribution in [-0.2, 0) is 6.42 Å². The summed E-state index contributed by atoms with van der Waals surface area (Å²) in [4.78, 5) is 15.0. The van der Waals surface area contributed by atoms with Crippen molar-refractivity contribution in [2.24, 2.45) is 0 Å². The molecule has 0 aromatic carbocycles. The Morgan fingerprint density at radius 2 is 2.27 bits per heavy atom. The van der Waals surface area contributed by atoms with Gasteiger partial charge in [-0.2, -0.15) is 0 Å². The number of aromatic amines is 1. The molecule has 15 heavy (non-hydrogen) atoms. The largest absolute Gasteiger partial charge is 0.369 e. The lowest BCUT2D eigenvalue weighted by Gasteiger charge is -2.03. The van der Waals surface area contributed by atoms with E-state index in [1.165, 1.54) is 6.33 Å². The lowest BCUT2D eigenvalue weighted by atomic mass is 10.4. The van der Waals surface area contributed by atoms with Gasteiger partial charge in [-0.1, -0.05) is 11.6 Å². The van der Waals surface area contributed by atoms with E-state index in [0.717, 1.165) is 24.6 Å². The zero-order chi connectivity index (χ0) is 10.5. The first-order valence-corrected chi connectivity index (χ1v) is 4.92. The SMILES string of the molecule is Clc1cc(NCCc2ncc[nH]2)ncn1. The van der Waals surface area contributed by atoms with Gasteiger partial charge in [0.1, 0.15) is 23.1 Å². The molecular weight excluding hydrogens is 214 g/mol. The highest BCUT2D eigenvalue weighted by Crippen LogP contribution is 2.08. The van der Waals surface area contributed by atoms with E-state index in [1.807, 2.05) is 0 Å².